The van der Waals surface area contributed by atoms with Gasteiger partial charge < -0.3 is 15.4 Å². The molecule has 0 aliphatic carbocycles. The van der Waals surface area contributed by atoms with Crippen molar-refractivity contribution in [3.63, 3.8) is 0 Å². The summed E-state index contributed by atoms with van der Waals surface area (Å²) in [5.74, 6) is -2.54. The van der Waals surface area contributed by atoms with Crippen LogP contribution in [-0.2, 0) is 14.3 Å². The topological polar surface area (TPSA) is 128 Å². The molecule has 1 unspecified atom stereocenters. The van der Waals surface area contributed by atoms with E-state index in [0.717, 1.165) is 17.2 Å². The number of ether oxygens (including phenoxy) is 1. The number of benzene rings is 2. The Morgan fingerprint density at radius 3 is 2.33 bits per heavy atom. The Morgan fingerprint density at radius 2 is 1.76 bits per heavy atom. The minimum Gasteiger partial charge on any atom is -0.454 e. The van der Waals surface area contributed by atoms with Crippen LogP contribution in [0.2, 0.25) is 10.0 Å². The van der Waals surface area contributed by atoms with E-state index in [1.165, 1.54) is 12.1 Å². The average Bonchev–Trinajstić information content (AvgIpc) is 2.72. The molecular weight excluding hydrogens is 473 g/mol. The molecule has 0 fully saturated rings. The quantitative estimate of drug-likeness (QED) is 0.316. The normalized spacial score (nSPS) is 11.6. The highest BCUT2D eigenvalue weighted by Gasteiger charge is 2.28. The van der Waals surface area contributed by atoms with E-state index < -0.39 is 41.0 Å². The number of nitrogens with one attached hydrogen (secondary N) is 2. The third kappa shape index (κ3) is 6.90. The number of nitro groups is 1. The molecule has 0 spiro atoms. The van der Waals surface area contributed by atoms with Crippen LogP contribution in [0.3, 0.4) is 0 Å². The van der Waals surface area contributed by atoms with Crippen LogP contribution in [0.1, 0.15) is 35.3 Å². The molecule has 0 aliphatic heterocycles. The summed E-state index contributed by atoms with van der Waals surface area (Å²) in [5.41, 5.74) is 1.62. The standard InChI is InChI=1S/C22H23Cl2N3O6/c1-11(2)19(26-21(29)14-5-6-15(23)17(9-14)27(31)32)22(30)33-10-18(28)25-20-13(4)7-12(3)8-16(20)24/h5-9,11,19H,10H2,1-4H3,(H,25,28)(H,26,29). The van der Waals surface area contributed by atoms with Crippen LogP contribution < -0.4 is 10.6 Å². The molecule has 0 saturated heterocycles. The van der Waals surface area contributed by atoms with Crippen LogP contribution in [-0.4, -0.2) is 35.4 Å². The molecule has 33 heavy (non-hydrogen) atoms. The number of hydrogen-bond donors (Lipinski definition) is 2. The second-order valence-corrected chi connectivity index (χ2v) is 8.53. The number of nitro benzene ring substituents is 1. The Hall–Kier alpha value is -3.17. The van der Waals surface area contributed by atoms with Crippen LogP contribution in [0.25, 0.3) is 0 Å². The van der Waals surface area contributed by atoms with Gasteiger partial charge in [0.05, 0.1) is 15.6 Å². The summed E-state index contributed by atoms with van der Waals surface area (Å²) in [6.45, 7) is 6.41. The van der Waals surface area contributed by atoms with Crippen molar-refractivity contribution in [1.82, 2.24) is 5.32 Å². The van der Waals surface area contributed by atoms with E-state index in [-0.39, 0.29) is 16.5 Å². The summed E-state index contributed by atoms with van der Waals surface area (Å²) in [4.78, 5) is 47.7. The predicted octanol–water partition coefficient (Wildman–Crippen LogP) is 4.45. The maximum absolute atomic E-state index is 12.6. The molecule has 0 aromatic heterocycles. The molecule has 0 heterocycles. The van der Waals surface area contributed by atoms with Crippen molar-refractivity contribution < 1.29 is 24.0 Å². The first-order valence-corrected chi connectivity index (χ1v) is 10.6. The largest absolute Gasteiger partial charge is 0.454 e. The van der Waals surface area contributed by atoms with Crippen LogP contribution in [0, 0.1) is 29.9 Å². The molecule has 2 N–H and O–H groups in total. The Morgan fingerprint density at radius 1 is 1.09 bits per heavy atom. The number of anilines is 1. The smallest absolute Gasteiger partial charge is 0.329 e. The SMILES string of the molecule is Cc1cc(C)c(NC(=O)COC(=O)C(NC(=O)c2ccc(Cl)c([N+](=O)[O-])c2)C(C)C)c(Cl)c1. The number of nitrogens with zero attached hydrogens (tertiary/aromatic N) is 1. The fourth-order valence-electron chi connectivity index (χ4n) is 2.99. The summed E-state index contributed by atoms with van der Waals surface area (Å²) in [7, 11) is 0. The molecule has 0 saturated carbocycles. The maximum atomic E-state index is 12.6. The second kappa shape index (κ2) is 11.1. The van der Waals surface area contributed by atoms with Gasteiger partial charge in [0.15, 0.2) is 6.61 Å². The van der Waals surface area contributed by atoms with Crippen molar-refractivity contribution in [2.75, 3.05) is 11.9 Å². The highest BCUT2D eigenvalue weighted by Crippen LogP contribution is 2.27. The minimum atomic E-state index is -1.09. The van der Waals surface area contributed by atoms with Gasteiger partial charge in [-0.1, -0.05) is 43.1 Å². The lowest BCUT2D eigenvalue weighted by Crippen LogP contribution is -2.46. The zero-order valence-corrected chi connectivity index (χ0v) is 19.9. The van der Waals surface area contributed by atoms with Gasteiger partial charge in [0.2, 0.25) is 0 Å². The Labute approximate surface area is 200 Å². The van der Waals surface area contributed by atoms with Gasteiger partial charge in [0, 0.05) is 11.6 Å². The van der Waals surface area contributed by atoms with Crippen molar-refractivity contribution in [1.29, 1.82) is 0 Å². The Kier molecular flexibility index (Phi) is 8.78. The first-order valence-electron chi connectivity index (χ1n) is 9.88. The minimum absolute atomic E-state index is 0.0493. The average molecular weight is 496 g/mol. The monoisotopic (exact) mass is 495 g/mol. The van der Waals surface area contributed by atoms with E-state index in [9.17, 15) is 24.5 Å². The molecule has 0 radical (unpaired) electrons. The molecule has 9 nitrogen and oxygen atoms in total. The number of amides is 2. The van der Waals surface area contributed by atoms with Crippen molar-refractivity contribution in [3.05, 3.63) is 67.2 Å². The van der Waals surface area contributed by atoms with Gasteiger partial charge >= 0.3 is 5.97 Å². The Balaban J connectivity index is 2.04. The number of esters is 1. The molecule has 2 rings (SSSR count). The van der Waals surface area contributed by atoms with Gasteiger partial charge in [0.1, 0.15) is 11.1 Å². The van der Waals surface area contributed by atoms with Crippen molar-refractivity contribution in [3.8, 4) is 0 Å². The van der Waals surface area contributed by atoms with E-state index in [2.05, 4.69) is 10.6 Å². The number of aryl methyl sites for hydroxylation is 2. The summed E-state index contributed by atoms with van der Waals surface area (Å²) in [5, 5.41) is 16.4. The number of carbonyl (C=O) groups excluding carboxylic acids is 3. The lowest BCUT2D eigenvalue weighted by atomic mass is 10.0. The molecular formula is C22H23Cl2N3O6. The molecule has 11 heteroatoms. The Bertz CT molecular complexity index is 1080. The lowest BCUT2D eigenvalue weighted by molar-refractivity contribution is -0.384. The third-order valence-corrected chi connectivity index (χ3v) is 5.27. The van der Waals surface area contributed by atoms with Crippen molar-refractivity contribution >= 4 is 52.4 Å². The predicted molar refractivity (Wildman–Crippen MR) is 125 cm³/mol. The van der Waals surface area contributed by atoms with E-state index in [1.54, 1.807) is 26.8 Å². The molecule has 2 aromatic rings. The van der Waals surface area contributed by atoms with Crippen LogP contribution >= 0.6 is 23.2 Å². The molecule has 2 aromatic carbocycles. The van der Waals surface area contributed by atoms with Crippen LogP contribution in [0.4, 0.5) is 11.4 Å². The first kappa shape index (κ1) is 26.1. The van der Waals surface area contributed by atoms with Gasteiger partial charge in [0.25, 0.3) is 17.5 Å². The summed E-state index contributed by atoms with van der Waals surface area (Å²) < 4.78 is 5.08. The fraction of sp³-hybridized carbons (Fsp3) is 0.318. The molecule has 176 valence electrons. The summed E-state index contributed by atoms with van der Waals surface area (Å²) >= 11 is 11.9. The molecule has 0 bridgehead atoms. The number of carbonyl (C=O) groups is 3. The third-order valence-electron chi connectivity index (χ3n) is 4.65. The molecule has 1 atom stereocenters. The second-order valence-electron chi connectivity index (χ2n) is 7.71. The van der Waals surface area contributed by atoms with E-state index in [4.69, 9.17) is 27.9 Å². The zero-order valence-electron chi connectivity index (χ0n) is 18.4. The first-order chi connectivity index (χ1) is 15.4. The van der Waals surface area contributed by atoms with Crippen molar-refractivity contribution in [2.24, 2.45) is 5.92 Å². The van der Waals surface area contributed by atoms with E-state index >= 15 is 0 Å². The van der Waals surface area contributed by atoms with Crippen molar-refractivity contribution in [2.45, 2.75) is 33.7 Å². The van der Waals surface area contributed by atoms with Gasteiger partial charge in [-0.15, -0.1) is 0 Å². The van der Waals surface area contributed by atoms with E-state index in [0.29, 0.717) is 10.7 Å². The maximum Gasteiger partial charge on any atom is 0.329 e. The summed E-state index contributed by atoms with van der Waals surface area (Å²) in [6.07, 6.45) is 0. The van der Waals surface area contributed by atoms with E-state index in [1.807, 2.05) is 13.0 Å². The lowest BCUT2D eigenvalue weighted by Gasteiger charge is -2.21. The van der Waals surface area contributed by atoms with Gasteiger partial charge in [-0.25, -0.2) is 4.79 Å². The number of rotatable bonds is 8. The fourth-order valence-corrected chi connectivity index (χ4v) is 3.55. The molecule has 0 aliphatic rings. The van der Waals surface area contributed by atoms with Crippen LogP contribution in [0.5, 0.6) is 0 Å². The van der Waals surface area contributed by atoms with Gasteiger partial charge in [-0.3, -0.25) is 19.7 Å². The highest BCUT2D eigenvalue weighted by atomic mass is 35.5. The van der Waals surface area contributed by atoms with Gasteiger partial charge in [-0.2, -0.15) is 0 Å². The molecule has 2 amide bonds. The number of halogens is 2. The zero-order chi connectivity index (χ0) is 24.9. The highest BCUT2D eigenvalue weighted by molar-refractivity contribution is 6.34. The van der Waals surface area contributed by atoms with Crippen LogP contribution in [0.15, 0.2) is 30.3 Å². The van der Waals surface area contributed by atoms with Gasteiger partial charge in [-0.05, 0) is 49.1 Å². The number of hydrogen-bond acceptors (Lipinski definition) is 6. The summed E-state index contributed by atoms with van der Waals surface area (Å²) in [6, 6.07) is 5.99.